The Morgan fingerprint density at radius 1 is 1.14 bits per heavy atom. The van der Waals surface area contributed by atoms with E-state index in [1.54, 1.807) is 18.2 Å². The molecule has 0 unspecified atom stereocenters. The van der Waals surface area contributed by atoms with Crippen molar-refractivity contribution in [2.75, 3.05) is 21.3 Å². The summed E-state index contributed by atoms with van der Waals surface area (Å²) in [4.78, 5) is 18.0. The molecule has 0 saturated carbocycles. The van der Waals surface area contributed by atoms with Gasteiger partial charge in [-0.05, 0) is 36.2 Å². The smallest absolute Gasteiger partial charge is 0.279 e. The Morgan fingerprint density at radius 3 is 2.38 bits per heavy atom. The molecule has 2 aromatic carbocycles. The summed E-state index contributed by atoms with van der Waals surface area (Å²) < 4.78 is 19.1. The number of thiazole rings is 1. The molecule has 0 atom stereocenters. The van der Waals surface area contributed by atoms with Crippen LogP contribution in [0, 0.1) is 0 Å². The molecule has 6 nitrogen and oxygen atoms in total. The van der Waals surface area contributed by atoms with E-state index in [0.717, 1.165) is 16.6 Å². The van der Waals surface area contributed by atoms with Crippen molar-refractivity contribution in [2.24, 2.45) is 4.99 Å². The van der Waals surface area contributed by atoms with Crippen molar-refractivity contribution in [3.63, 3.8) is 0 Å². The Kier molecular flexibility index (Phi) is 6.39. The number of allylic oxidation sites excluding steroid dienone is 1. The van der Waals surface area contributed by atoms with E-state index in [1.807, 2.05) is 4.57 Å². The first-order valence-corrected chi connectivity index (χ1v) is 10.00. The van der Waals surface area contributed by atoms with Crippen molar-refractivity contribution in [2.45, 2.75) is 19.9 Å². The van der Waals surface area contributed by atoms with Gasteiger partial charge in [-0.1, -0.05) is 30.4 Å². The summed E-state index contributed by atoms with van der Waals surface area (Å²) in [5, 5.41) is 0. The van der Waals surface area contributed by atoms with Gasteiger partial charge < -0.3 is 18.8 Å². The van der Waals surface area contributed by atoms with Gasteiger partial charge in [-0.2, -0.15) is 4.99 Å². The van der Waals surface area contributed by atoms with Gasteiger partial charge in [-0.25, -0.2) is 0 Å². The van der Waals surface area contributed by atoms with E-state index < -0.39 is 0 Å². The highest BCUT2D eigenvalue weighted by Crippen LogP contribution is 2.38. The third kappa shape index (κ3) is 4.05. The monoisotopic (exact) mass is 412 g/mol. The molecule has 0 saturated heterocycles. The van der Waals surface area contributed by atoms with Crippen LogP contribution in [0.4, 0.5) is 0 Å². The van der Waals surface area contributed by atoms with Crippen LogP contribution in [0.2, 0.25) is 0 Å². The van der Waals surface area contributed by atoms with Crippen LogP contribution in [-0.2, 0) is 13.0 Å². The summed E-state index contributed by atoms with van der Waals surface area (Å²) in [6.45, 7) is 6.51. The number of benzene rings is 2. The van der Waals surface area contributed by atoms with Crippen LogP contribution in [0.1, 0.15) is 22.8 Å². The number of carbonyl (C=O) groups excluding carboxylic acids is 1. The van der Waals surface area contributed by atoms with Crippen molar-refractivity contribution < 1.29 is 19.0 Å². The van der Waals surface area contributed by atoms with Gasteiger partial charge in [0.1, 0.15) is 0 Å². The van der Waals surface area contributed by atoms with Crippen LogP contribution in [0.25, 0.3) is 10.2 Å². The third-order valence-electron chi connectivity index (χ3n) is 4.58. The number of hydrogen-bond donors (Lipinski definition) is 0. The van der Waals surface area contributed by atoms with Crippen LogP contribution in [0.3, 0.4) is 0 Å². The van der Waals surface area contributed by atoms with E-state index in [9.17, 15) is 4.79 Å². The molecule has 7 heteroatoms. The fourth-order valence-corrected chi connectivity index (χ4v) is 4.19. The van der Waals surface area contributed by atoms with E-state index in [1.165, 1.54) is 38.2 Å². The summed E-state index contributed by atoms with van der Waals surface area (Å²) in [6.07, 6.45) is 2.75. The van der Waals surface area contributed by atoms with E-state index in [-0.39, 0.29) is 5.91 Å². The molecular formula is C22H24N2O4S. The Labute approximate surface area is 173 Å². The lowest BCUT2D eigenvalue weighted by molar-refractivity contribution is 0.0997. The molecule has 0 N–H and O–H groups in total. The molecular weight excluding hydrogens is 388 g/mol. The molecule has 0 fully saturated rings. The van der Waals surface area contributed by atoms with E-state index in [4.69, 9.17) is 14.2 Å². The fraction of sp³-hybridized carbons (Fsp3) is 0.273. The van der Waals surface area contributed by atoms with Crippen molar-refractivity contribution in [1.29, 1.82) is 0 Å². The van der Waals surface area contributed by atoms with Gasteiger partial charge >= 0.3 is 0 Å². The zero-order valence-corrected chi connectivity index (χ0v) is 17.8. The van der Waals surface area contributed by atoms with Gasteiger partial charge in [0.25, 0.3) is 5.91 Å². The second-order valence-electron chi connectivity index (χ2n) is 6.27. The Morgan fingerprint density at radius 2 is 1.83 bits per heavy atom. The average Bonchev–Trinajstić information content (AvgIpc) is 3.08. The van der Waals surface area contributed by atoms with E-state index in [0.29, 0.717) is 34.2 Å². The number of aryl methyl sites for hydroxylation is 1. The number of hydrogen-bond acceptors (Lipinski definition) is 5. The number of fused-ring (bicyclic) bond motifs is 1. The minimum absolute atomic E-state index is 0.358. The highest BCUT2D eigenvalue weighted by molar-refractivity contribution is 7.16. The molecule has 1 heterocycles. The van der Waals surface area contributed by atoms with Crippen LogP contribution >= 0.6 is 11.3 Å². The average molecular weight is 413 g/mol. The second-order valence-corrected chi connectivity index (χ2v) is 7.28. The second kappa shape index (κ2) is 8.96. The lowest BCUT2D eigenvalue weighted by Gasteiger charge is -2.12. The maximum Gasteiger partial charge on any atom is 0.279 e. The minimum Gasteiger partial charge on any atom is -0.493 e. The number of nitrogens with zero attached hydrogens (tertiary/aromatic N) is 2. The molecule has 0 aliphatic rings. The Balaban J connectivity index is 2.14. The number of ether oxygens (including phenoxy) is 3. The van der Waals surface area contributed by atoms with Gasteiger partial charge in [0.2, 0.25) is 5.75 Å². The first kappa shape index (κ1) is 20.7. The van der Waals surface area contributed by atoms with Gasteiger partial charge in [0.05, 0.1) is 31.5 Å². The van der Waals surface area contributed by atoms with Crippen molar-refractivity contribution >= 4 is 27.5 Å². The predicted octanol–water partition coefficient (Wildman–Crippen LogP) is 4.22. The van der Waals surface area contributed by atoms with Gasteiger partial charge in [-0.3, -0.25) is 4.79 Å². The fourth-order valence-electron chi connectivity index (χ4n) is 3.08. The van der Waals surface area contributed by atoms with Gasteiger partial charge in [0.15, 0.2) is 16.3 Å². The van der Waals surface area contributed by atoms with Crippen molar-refractivity contribution in [3.05, 3.63) is 58.9 Å². The molecule has 3 rings (SSSR count). The summed E-state index contributed by atoms with van der Waals surface area (Å²) >= 11 is 1.48. The molecule has 152 valence electrons. The molecule has 3 aromatic rings. The highest BCUT2D eigenvalue weighted by atomic mass is 32.1. The summed E-state index contributed by atoms with van der Waals surface area (Å²) in [6, 6.07) is 9.51. The zero-order valence-electron chi connectivity index (χ0n) is 17.0. The SMILES string of the molecule is C=CCn1c(=NC(=O)c2cc(OC)c(OC)c(OC)c2)sc2cc(CC)ccc21. The first-order valence-electron chi connectivity index (χ1n) is 9.18. The predicted molar refractivity (Wildman–Crippen MR) is 115 cm³/mol. The summed E-state index contributed by atoms with van der Waals surface area (Å²) in [7, 11) is 4.54. The lowest BCUT2D eigenvalue weighted by Crippen LogP contribution is -2.16. The highest BCUT2D eigenvalue weighted by Gasteiger charge is 2.17. The zero-order chi connectivity index (χ0) is 21.0. The van der Waals surface area contributed by atoms with E-state index in [2.05, 4.69) is 36.7 Å². The summed E-state index contributed by atoms with van der Waals surface area (Å²) in [5.74, 6) is 0.869. The molecule has 0 spiro atoms. The first-order chi connectivity index (χ1) is 14.1. The summed E-state index contributed by atoms with van der Waals surface area (Å²) in [5.41, 5.74) is 2.63. The van der Waals surface area contributed by atoms with Gasteiger partial charge in [-0.15, -0.1) is 6.58 Å². The maximum absolute atomic E-state index is 13.0. The van der Waals surface area contributed by atoms with Crippen LogP contribution in [-0.4, -0.2) is 31.8 Å². The molecule has 0 aliphatic heterocycles. The third-order valence-corrected chi connectivity index (χ3v) is 5.62. The van der Waals surface area contributed by atoms with E-state index >= 15 is 0 Å². The quantitative estimate of drug-likeness (QED) is 0.545. The maximum atomic E-state index is 13.0. The topological polar surface area (TPSA) is 62.1 Å². The van der Waals surface area contributed by atoms with Crippen molar-refractivity contribution in [1.82, 2.24) is 4.57 Å². The molecule has 29 heavy (non-hydrogen) atoms. The normalized spacial score (nSPS) is 11.5. The van der Waals surface area contributed by atoms with Crippen LogP contribution < -0.4 is 19.0 Å². The lowest BCUT2D eigenvalue weighted by atomic mass is 10.1. The van der Waals surface area contributed by atoms with Gasteiger partial charge in [0, 0.05) is 12.1 Å². The number of amides is 1. The number of carbonyl (C=O) groups is 1. The largest absolute Gasteiger partial charge is 0.493 e. The van der Waals surface area contributed by atoms with Crippen LogP contribution in [0.5, 0.6) is 17.2 Å². The molecule has 1 amide bonds. The standard InChI is InChI=1S/C22H24N2O4S/c1-6-10-24-16-9-8-14(7-2)11-19(16)29-22(24)23-21(25)15-12-17(26-3)20(28-5)18(13-15)27-4/h6,8-9,11-13H,1,7,10H2,2-5H3. The Hall–Kier alpha value is -3.06. The minimum atomic E-state index is -0.385. The van der Waals surface area contributed by atoms with Crippen LogP contribution in [0.15, 0.2) is 48.0 Å². The molecule has 0 aliphatic carbocycles. The van der Waals surface area contributed by atoms with Crippen molar-refractivity contribution in [3.8, 4) is 17.2 Å². The number of aromatic nitrogens is 1. The number of methoxy groups -OCH3 is 3. The number of rotatable bonds is 7. The Bertz CT molecular complexity index is 1100. The molecule has 0 bridgehead atoms. The molecule has 1 aromatic heterocycles. The molecule has 0 radical (unpaired) electrons.